The van der Waals surface area contributed by atoms with E-state index in [9.17, 15) is 4.79 Å². The molecule has 150 valence electrons. The van der Waals surface area contributed by atoms with Gasteiger partial charge in [0.25, 0.3) is 5.91 Å². The van der Waals surface area contributed by atoms with Crippen molar-refractivity contribution in [1.82, 2.24) is 16.0 Å². The van der Waals surface area contributed by atoms with E-state index in [1.54, 1.807) is 38.4 Å². The average molecular weight is 383 g/mol. The van der Waals surface area contributed by atoms with Gasteiger partial charge in [0.15, 0.2) is 5.96 Å². The van der Waals surface area contributed by atoms with Crippen LogP contribution in [0.1, 0.15) is 34.3 Å². The van der Waals surface area contributed by atoms with Crippen molar-refractivity contribution in [3.63, 3.8) is 0 Å². The lowest BCUT2D eigenvalue weighted by molar-refractivity contribution is 0.0954. The van der Waals surface area contributed by atoms with E-state index >= 15 is 0 Å². The van der Waals surface area contributed by atoms with Crippen molar-refractivity contribution in [2.45, 2.75) is 19.8 Å². The summed E-state index contributed by atoms with van der Waals surface area (Å²) in [6.07, 6.45) is 0. The van der Waals surface area contributed by atoms with Crippen LogP contribution >= 0.6 is 0 Å². The van der Waals surface area contributed by atoms with Crippen molar-refractivity contribution in [1.29, 1.82) is 0 Å². The molecule has 0 spiro atoms. The summed E-state index contributed by atoms with van der Waals surface area (Å²) in [6.45, 7) is 6.15. The highest BCUT2D eigenvalue weighted by molar-refractivity contribution is 5.94. The molecule has 3 N–H and O–H groups in total. The minimum atomic E-state index is -0.111. The molecular formula is C22H30N4O2. The minimum absolute atomic E-state index is 0.111. The van der Waals surface area contributed by atoms with Crippen LogP contribution in [0.15, 0.2) is 53.5 Å². The Morgan fingerprint density at radius 2 is 1.79 bits per heavy atom. The standard InChI is InChI=1S/C22H30N4O2/c1-16-6-5-7-19(14-16)17(2)15-26-22(23-3)25-13-12-24-21(27)18-8-10-20(28-4)11-9-18/h5-11,14,17H,12-13,15H2,1-4H3,(H,24,27)(H2,23,25,26). The summed E-state index contributed by atoms with van der Waals surface area (Å²) in [4.78, 5) is 16.4. The van der Waals surface area contributed by atoms with Crippen LogP contribution in [-0.4, -0.2) is 45.7 Å². The molecular weight excluding hydrogens is 352 g/mol. The van der Waals surface area contributed by atoms with Gasteiger partial charge in [-0.15, -0.1) is 0 Å². The number of carbonyl (C=O) groups excluding carboxylic acids is 1. The molecule has 0 fully saturated rings. The molecule has 2 rings (SSSR count). The summed E-state index contributed by atoms with van der Waals surface area (Å²) in [5, 5.41) is 9.44. The van der Waals surface area contributed by atoms with Gasteiger partial charge in [0, 0.05) is 32.2 Å². The van der Waals surface area contributed by atoms with E-state index in [1.807, 2.05) is 0 Å². The van der Waals surface area contributed by atoms with E-state index in [2.05, 4.69) is 59.1 Å². The predicted molar refractivity (Wildman–Crippen MR) is 114 cm³/mol. The number of ether oxygens (including phenoxy) is 1. The van der Waals surface area contributed by atoms with Crippen LogP contribution in [0.5, 0.6) is 5.75 Å². The lowest BCUT2D eigenvalue weighted by Crippen LogP contribution is -2.42. The van der Waals surface area contributed by atoms with Gasteiger partial charge in [0.05, 0.1) is 7.11 Å². The van der Waals surface area contributed by atoms with Crippen molar-refractivity contribution < 1.29 is 9.53 Å². The van der Waals surface area contributed by atoms with E-state index in [-0.39, 0.29) is 5.91 Å². The molecule has 0 saturated heterocycles. The van der Waals surface area contributed by atoms with Crippen LogP contribution in [-0.2, 0) is 0 Å². The summed E-state index contributed by atoms with van der Waals surface area (Å²) >= 11 is 0. The quantitative estimate of drug-likeness (QED) is 0.373. The highest BCUT2D eigenvalue weighted by atomic mass is 16.5. The van der Waals surface area contributed by atoms with Crippen molar-refractivity contribution in [3.8, 4) is 5.75 Å². The van der Waals surface area contributed by atoms with Gasteiger partial charge in [-0.1, -0.05) is 36.8 Å². The zero-order valence-electron chi connectivity index (χ0n) is 17.1. The first-order valence-corrected chi connectivity index (χ1v) is 9.46. The number of rotatable bonds is 8. The number of aryl methyl sites for hydroxylation is 1. The molecule has 1 unspecified atom stereocenters. The first-order chi connectivity index (χ1) is 13.5. The van der Waals surface area contributed by atoms with E-state index < -0.39 is 0 Å². The van der Waals surface area contributed by atoms with Crippen molar-refractivity contribution in [2.24, 2.45) is 4.99 Å². The van der Waals surface area contributed by atoms with Gasteiger partial charge in [-0.3, -0.25) is 9.79 Å². The van der Waals surface area contributed by atoms with E-state index in [1.165, 1.54) is 11.1 Å². The molecule has 28 heavy (non-hydrogen) atoms. The third-order valence-electron chi connectivity index (χ3n) is 4.47. The van der Waals surface area contributed by atoms with Crippen molar-refractivity contribution in [3.05, 3.63) is 65.2 Å². The second-order valence-electron chi connectivity index (χ2n) is 6.68. The van der Waals surface area contributed by atoms with Gasteiger partial charge in [0.2, 0.25) is 0 Å². The SMILES string of the molecule is CN=C(NCCNC(=O)c1ccc(OC)cc1)NCC(C)c1cccc(C)c1. The number of nitrogens with zero attached hydrogens (tertiary/aromatic N) is 1. The number of nitrogens with one attached hydrogen (secondary N) is 3. The maximum atomic E-state index is 12.1. The normalized spacial score (nSPS) is 12.2. The summed E-state index contributed by atoms with van der Waals surface area (Å²) in [6, 6.07) is 15.6. The molecule has 0 saturated carbocycles. The summed E-state index contributed by atoms with van der Waals surface area (Å²) in [5.41, 5.74) is 3.17. The van der Waals surface area contributed by atoms with Gasteiger partial charge in [-0.25, -0.2) is 0 Å². The van der Waals surface area contributed by atoms with Gasteiger partial charge < -0.3 is 20.7 Å². The minimum Gasteiger partial charge on any atom is -0.497 e. The average Bonchev–Trinajstić information content (AvgIpc) is 2.72. The lowest BCUT2D eigenvalue weighted by Gasteiger charge is -2.17. The lowest BCUT2D eigenvalue weighted by atomic mass is 9.99. The molecule has 1 amide bonds. The molecule has 0 aliphatic heterocycles. The van der Waals surface area contributed by atoms with Crippen LogP contribution in [0.4, 0.5) is 0 Å². The number of guanidine groups is 1. The third-order valence-corrected chi connectivity index (χ3v) is 4.47. The molecule has 0 aliphatic rings. The number of hydrogen-bond donors (Lipinski definition) is 3. The highest BCUT2D eigenvalue weighted by Crippen LogP contribution is 2.15. The zero-order valence-corrected chi connectivity index (χ0v) is 17.1. The summed E-state index contributed by atoms with van der Waals surface area (Å²) in [7, 11) is 3.34. The third kappa shape index (κ3) is 6.61. The van der Waals surface area contributed by atoms with E-state index in [0.717, 1.165) is 18.3 Å². The number of methoxy groups -OCH3 is 1. The van der Waals surface area contributed by atoms with E-state index in [4.69, 9.17) is 4.74 Å². The number of hydrogen-bond acceptors (Lipinski definition) is 3. The molecule has 6 nitrogen and oxygen atoms in total. The van der Waals surface area contributed by atoms with Crippen LogP contribution < -0.4 is 20.7 Å². The first-order valence-electron chi connectivity index (χ1n) is 9.46. The second-order valence-corrected chi connectivity index (χ2v) is 6.68. The predicted octanol–water partition coefficient (Wildman–Crippen LogP) is 2.70. The maximum absolute atomic E-state index is 12.1. The second kappa shape index (κ2) is 11.0. The molecule has 0 radical (unpaired) electrons. The summed E-state index contributed by atoms with van der Waals surface area (Å²) < 4.78 is 5.10. The fourth-order valence-corrected chi connectivity index (χ4v) is 2.77. The molecule has 0 heterocycles. The number of carbonyl (C=O) groups is 1. The van der Waals surface area contributed by atoms with Crippen molar-refractivity contribution in [2.75, 3.05) is 33.8 Å². The Hall–Kier alpha value is -3.02. The monoisotopic (exact) mass is 382 g/mol. The van der Waals surface area contributed by atoms with Gasteiger partial charge in [-0.05, 0) is 42.7 Å². The van der Waals surface area contributed by atoms with Gasteiger partial charge in [-0.2, -0.15) is 0 Å². The zero-order chi connectivity index (χ0) is 20.4. The van der Waals surface area contributed by atoms with Gasteiger partial charge in [0.1, 0.15) is 5.75 Å². The smallest absolute Gasteiger partial charge is 0.251 e. The van der Waals surface area contributed by atoms with Crippen LogP contribution in [0.3, 0.4) is 0 Å². The van der Waals surface area contributed by atoms with Gasteiger partial charge >= 0.3 is 0 Å². The molecule has 1 atom stereocenters. The van der Waals surface area contributed by atoms with Crippen LogP contribution in [0.25, 0.3) is 0 Å². The Morgan fingerprint density at radius 3 is 2.43 bits per heavy atom. The highest BCUT2D eigenvalue weighted by Gasteiger charge is 2.08. The Bertz CT molecular complexity index is 787. The molecule has 0 aliphatic carbocycles. The fourth-order valence-electron chi connectivity index (χ4n) is 2.77. The van der Waals surface area contributed by atoms with Crippen molar-refractivity contribution >= 4 is 11.9 Å². The number of aliphatic imine (C=N–C) groups is 1. The number of benzene rings is 2. The fraction of sp³-hybridized carbons (Fsp3) is 0.364. The first kappa shape index (κ1) is 21.3. The Labute approximate surface area is 167 Å². The van der Waals surface area contributed by atoms with Crippen LogP contribution in [0, 0.1) is 6.92 Å². The molecule has 0 bridgehead atoms. The Morgan fingerprint density at radius 1 is 1.07 bits per heavy atom. The summed E-state index contributed by atoms with van der Waals surface area (Å²) in [5.74, 6) is 1.71. The molecule has 6 heteroatoms. The number of amides is 1. The molecule has 2 aromatic carbocycles. The maximum Gasteiger partial charge on any atom is 0.251 e. The largest absolute Gasteiger partial charge is 0.497 e. The Balaban J connectivity index is 1.71. The molecule has 2 aromatic rings. The molecule has 0 aromatic heterocycles. The topological polar surface area (TPSA) is 74.8 Å². The van der Waals surface area contributed by atoms with E-state index in [0.29, 0.717) is 24.6 Å². The van der Waals surface area contributed by atoms with Crippen LogP contribution in [0.2, 0.25) is 0 Å². The Kier molecular flexibility index (Phi) is 8.34.